The third-order valence-corrected chi connectivity index (χ3v) is 12.3. The van der Waals surface area contributed by atoms with Crippen LogP contribution >= 0.6 is 23.1 Å². The Bertz CT molecular complexity index is 1840. The number of hydrogen-bond donors (Lipinski definition) is 2. The number of aromatic nitrogens is 1. The quantitative estimate of drug-likeness (QED) is 0.277. The number of rotatable bonds is 6. The van der Waals surface area contributed by atoms with Gasteiger partial charge in [-0.3, -0.25) is 24.1 Å². The van der Waals surface area contributed by atoms with Crippen LogP contribution in [0.2, 0.25) is 0 Å². The summed E-state index contributed by atoms with van der Waals surface area (Å²) in [7, 11) is 0. The number of H-pyrrole nitrogens is 1. The second-order valence-corrected chi connectivity index (χ2v) is 14.3. The molecule has 2 aliphatic heterocycles. The van der Waals surface area contributed by atoms with Gasteiger partial charge in [0.1, 0.15) is 5.75 Å². The molecule has 4 unspecified atom stereocenters. The van der Waals surface area contributed by atoms with Gasteiger partial charge < -0.3 is 15.0 Å². The first-order valence-electron chi connectivity index (χ1n) is 14.8. The zero-order chi connectivity index (χ0) is 30.1. The van der Waals surface area contributed by atoms with Crippen LogP contribution in [0, 0.1) is 36.5 Å². The number of aryl methyl sites for hydroxylation is 1. The summed E-state index contributed by atoms with van der Waals surface area (Å²) in [6, 6.07) is 24.5. The predicted octanol–water partition coefficient (Wildman–Crippen LogP) is 5.44. The molecule has 1 aromatic heterocycles. The molecular weight excluding hydrogens is 595 g/mol. The lowest BCUT2D eigenvalue weighted by atomic mass is 9.68. The van der Waals surface area contributed by atoms with E-state index in [1.165, 1.54) is 16.2 Å². The van der Waals surface area contributed by atoms with Gasteiger partial charge in [-0.05, 0) is 73.1 Å². The fourth-order valence-electron chi connectivity index (χ4n) is 7.98. The molecule has 2 bridgehead atoms. The first kappa shape index (κ1) is 27.4. The molecule has 8 rings (SSSR count). The highest BCUT2D eigenvalue weighted by molar-refractivity contribution is 8.00. The van der Waals surface area contributed by atoms with E-state index in [9.17, 15) is 19.2 Å². The summed E-state index contributed by atoms with van der Waals surface area (Å²) < 4.78 is 5.78. The number of para-hydroxylation sites is 1. The van der Waals surface area contributed by atoms with Gasteiger partial charge in [-0.15, -0.1) is 11.8 Å². The number of nitrogens with zero attached hydrogens (tertiary/aromatic N) is 1. The largest absolute Gasteiger partial charge is 0.484 e. The Balaban J connectivity index is 1.06. The molecule has 3 fully saturated rings. The number of fused-ring (bicyclic) bond motifs is 9. The fraction of sp³-hybridized carbons (Fsp3) is 0.294. The second-order valence-electron chi connectivity index (χ2n) is 12.1. The lowest BCUT2D eigenvalue weighted by Gasteiger charge is -2.43. The highest BCUT2D eigenvalue weighted by Crippen LogP contribution is 2.68. The Morgan fingerprint density at radius 1 is 0.932 bits per heavy atom. The van der Waals surface area contributed by atoms with E-state index in [-0.39, 0.29) is 70.0 Å². The molecule has 1 saturated heterocycles. The van der Waals surface area contributed by atoms with Crippen molar-refractivity contribution >= 4 is 52.2 Å². The maximum atomic E-state index is 13.9. The van der Waals surface area contributed by atoms with Gasteiger partial charge >= 0.3 is 4.87 Å². The number of carbonyl (C=O) groups excluding carboxylic acids is 3. The van der Waals surface area contributed by atoms with Gasteiger partial charge in [0.2, 0.25) is 11.8 Å². The molecular formula is C34H29N3O5S2. The number of imide groups is 1. The van der Waals surface area contributed by atoms with E-state index in [0.29, 0.717) is 17.1 Å². The molecule has 0 spiro atoms. The standard InChI is InChI=1S/C34H29N3O5S2/c1-17-7-11-20(12-8-17)37-32(39)27-22-15-23(28(27)33(37)40)29-26(22)25(30-31(43-29)36-34(41)44-30)18-9-13-21(14-10-18)42-16-24(38)35-19-5-3-2-4-6-19/h2-14,22-23,25-29H,15-16H2,1H3,(H,35,38)(H,36,41)/t22-,23-,25-,26?,27?,28?,29?/m1/s1. The summed E-state index contributed by atoms with van der Waals surface area (Å²) >= 11 is 2.92. The summed E-state index contributed by atoms with van der Waals surface area (Å²) in [6.45, 7) is 1.86. The Morgan fingerprint density at radius 3 is 2.36 bits per heavy atom. The smallest absolute Gasteiger partial charge is 0.305 e. The molecule has 0 radical (unpaired) electrons. The van der Waals surface area contributed by atoms with Crippen molar-refractivity contribution in [3.05, 3.63) is 105 Å². The van der Waals surface area contributed by atoms with Crippen molar-refractivity contribution in [1.82, 2.24) is 4.98 Å². The van der Waals surface area contributed by atoms with E-state index in [1.54, 1.807) is 11.8 Å². The van der Waals surface area contributed by atoms with Crippen LogP contribution in [0.1, 0.15) is 28.3 Å². The molecule has 8 nitrogen and oxygen atoms in total. The number of nitrogens with one attached hydrogen (secondary N) is 2. The minimum atomic E-state index is -0.346. The van der Waals surface area contributed by atoms with E-state index < -0.39 is 0 Å². The maximum absolute atomic E-state index is 13.9. The van der Waals surface area contributed by atoms with Crippen LogP contribution in [-0.2, 0) is 14.4 Å². The number of hydrogen-bond acceptors (Lipinski definition) is 7. The molecule has 2 aliphatic carbocycles. The molecule has 4 aromatic rings. The van der Waals surface area contributed by atoms with E-state index in [0.717, 1.165) is 27.5 Å². The van der Waals surface area contributed by atoms with Crippen LogP contribution in [0.4, 0.5) is 11.4 Å². The molecule has 44 heavy (non-hydrogen) atoms. The van der Waals surface area contributed by atoms with Crippen LogP contribution in [0.15, 0.2) is 88.7 Å². The average Bonchev–Trinajstić information content (AvgIpc) is 3.76. The number of thiazole rings is 1. The summed E-state index contributed by atoms with van der Waals surface area (Å²) in [4.78, 5) is 58.0. The SMILES string of the molecule is Cc1ccc(N2C(=O)C3C(C2=O)[C@@H]2C[C@H]3C3Sc4[nH]c(=O)sc4[C@H](c4ccc(OCC(=O)Nc5ccccc5)cc4)C32)cc1. The summed E-state index contributed by atoms with van der Waals surface area (Å²) in [5.41, 5.74) is 3.46. The molecule has 222 valence electrons. The molecule has 10 heteroatoms. The van der Waals surface area contributed by atoms with E-state index in [4.69, 9.17) is 4.74 Å². The number of carbonyl (C=O) groups is 3. The maximum Gasteiger partial charge on any atom is 0.305 e. The van der Waals surface area contributed by atoms with Gasteiger partial charge in [-0.25, -0.2) is 0 Å². The summed E-state index contributed by atoms with van der Waals surface area (Å²) in [6.07, 6.45) is 0.838. The van der Waals surface area contributed by atoms with Crippen molar-refractivity contribution in [2.75, 3.05) is 16.8 Å². The number of anilines is 2. The first-order valence-corrected chi connectivity index (χ1v) is 16.5. The molecule has 3 amide bonds. The predicted molar refractivity (Wildman–Crippen MR) is 169 cm³/mol. The molecule has 3 aromatic carbocycles. The van der Waals surface area contributed by atoms with Crippen LogP contribution < -0.4 is 19.8 Å². The van der Waals surface area contributed by atoms with Crippen LogP contribution in [0.5, 0.6) is 5.75 Å². The first-order chi connectivity index (χ1) is 21.4. The molecule has 3 heterocycles. The van der Waals surface area contributed by atoms with Crippen LogP contribution in [0.3, 0.4) is 0 Å². The number of benzene rings is 3. The minimum Gasteiger partial charge on any atom is -0.484 e. The number of ether oxygens (including phenoxy) is 1. The highest BCUT2D eigenvalue weighted by atomic mass is 32.2. The Labute approximate surface area is 261 Å². The van der Waals surface area contributed by atoms with Gasteiger partial charge in [-0.1, -0.05) is 59.4 Å². The third-order valence-electron chi connectivity index (χ3n) is 9.68. The summed E-state index contributed by atoms with van der Waals surface area (Å²) in [5, 5.41) is 3.81. The Hall–Kier alpha value is -4.15. The number of aromatic amines is 1. The monoisotopic (exact) mass is 623 g/mol. The average molecular weight is 624 g/mol. The number of amides is 3. The number of thioether (sulfide) groups is 1. The molecule has 4 aliphatic rings. The zero-order valence-corrected chi connectivity index (χ0v) is 25.4. The van der Waals surface area contributed by atoms with Gasteiger partial charge in [0.25, 0.3) is 5.91 Å². The fourth-order valence-corrected chi connectivity index (χ4v) is 10.9. The summed E-state index contributed by atoms with van der Waals surface area (Å²) in [5.74, 6) is -0.390. The van der Waals surface area contributed by atoms with Crippen molar-refractivity contribution < 1.29 is 19.1 Å². The Morgan fingerprint density at radius 2 is 1.64 bits per heavy atom. The highest BCUT2D eigenvalue weighted by Gasteiger charge is 2.69. The van der Waals surface area contributed by atoms with Gasteiger partial charge in [0, 0.05) is 21.7 Å². The minimum absolute atomic E-state index is 0.0439. The third kappa shape index (κ3) is 4.34. The van der Waals surface area contributed by atoms with Crippen LogP contribution in [0.25, 0.3) is 0 Å². The Kier molecular flexibility index (Phi) is 6.53. The van der Waals surface area contributed by atoms with Gasteiger partial charge in [0.05, 0.1) is 22.5 Å². The van der Waals surface area contributed by atoms with Gasteiger partial charge in [0.15, 0.2) is 6.61 Å². The molecule has 7 atom stereocenters. The van der Waals surface area contributed by atoms with Crippen molar-refractivity contribution in [3.8, 4) is 5.75 Å². The van der Waals surface area contributed by atoms with Gasteiger partial charge in [-0.2, -0.15) is 0 Å². The molecule has 2 N–H and O–H groups in total. The molecule has 2 saturated carbocycles. The van der Waals surface area contributed by atoms with Crippen molar-refractivity contribution in [2.45, 2.75) is 29.5 Å². The van der Waals surface area contributed by atoms with Crippen molar-refractivity contribution in [3.63, 3.8) is 0 Å². The van der Waals surface area contributed by atoms with Crippen molar-refractivity contribution in [2.24, 2.45) is 29.6 Å². The lowest BCUT2D eigenvalue weighted by molar-refractivity contribution is -0.123. The van der Waals surface area contributed by atoms with Crippen LogP contribution in [-0.4, -0.2) is 34.6 Å². The van der Waals surface area contributed by atoms with Crippen molar-refractivity contribution in [1.29, 1.82) is 0 Å². The topological polar surface area (TPSA) is 109 Å². The normalized spacial score (nSPS) is 28.0. The lowest BCUT2D eigenvalue weighted by Crippen LogP contribution is -2.42. The zero-order valence-electron chi connectivity index (χ0n) is 23.8. The van der Waals surface area contributed by atoms with E-state index in [2.05, 4.69) is 10.3 Å². The second kappa shape index (κ2) is 10.5. The van der Waals surface area contributed by atoms with E-state index >= 15 is 0 Å². The van der Waals surface area contributed by atoms with E-state index in [1.807, 2.05) is 85.8 Å².